The summed E-state index contributed by atoms with van der Waals surface area (Å²) < 4.78 is 5.79. The third-order valence-electron chi connectivity index (χ3n) is 4.18. The van der Waals surface area contributed by atoms with Gasteiger partial charge in [0.05, 0.1) is 34.9 Å². The maximum absolute atomic E-state index is 11.6. The fraction of sp³-hybridized carbons (Fsp3) is 0.200. The number of pyridine rings is 1. The van der Waals surface area contributed by atoms with Crippen LogP contribution in [0.25, 0.3) is 0 Å². The number of H-pyrrole nitrogens is 1. The lowest BCUT2D eigenvalue weighted by Crippen LogP contribution is -2.17. The van der Waals surface area contributed by atoms with Gasteiger partial charge < -0.3 is 9.84 Å². The molecule has 0 radical (unpaired) electrons. The lowest BCUT2D eigenvalue weighted by molar-refractivity contribution is 0.278. The molecular weight excluding hydrogens is 380 g/mol. The van der Waals surface area contributed by atoms with E-state index in [2.05, 4.69) is 21.3 Å². The largest absolute Gasteiger partial charge is 0.437 e. The van der Waals surface area contributed by atoms with Crippen LogP contribution in [0.15, 0.2) is 41.2 Å². The molecule has 2 N–H and O–H groups in total. The Labute approximate surface area is 166 Å². The van der Waals surface area contributed by atoms with E-state index >= 15 is 0 Å². The normalized spacial score (nSPS) is 11.7. The fourth-order valence-corrected chi connectivity index (χ4v) is 2.91. The molecule has 0 spiro atoms. The topological polar surface area (TPSA) is 112 Å². The van der Waals surface area contributed by atoms with Crippen LogP contribution in [0, 0.1) is 25.2 Å². The number of aryl methyl sites for hydroxylation is 2. The maximum atomic E-state index is 11.6. The summed E-state index contributed by atoms with van der Waals surface area (Å²) in [6.07, 6.45) is 0. The lowest BCUT2D eigenvalue weighted by Gasteiger charge is -2.16. The van der Waals surface area contributed by atoms with Gasteiger partial charge in [0.1, 0.15) is 5.75 Å². The number of halogens is 1. The summed E-state index contributed by atoms with van der Waals surface area (Å²) >= 11 is 6.26. The van der Waals surface area contributed by atoms with Gasteiger partial charge in [-0.15, -0.1) is 0 Å². The monoisotopic (exact) mass is 396 g/mol. The van der Waals surface area contributed by atoms with Crippen LogP contribution >= 0.6 is 11.6 Å². The molecule has 0 fully saturated rings. The number of aliphatic hydroxyl groups excluding tert-OH is 1. The van der Waals surface area contributed by atoms with Gasteiger partial charge in [-0.3, -0.25) is 4.79 Å². The highest BCUT2D eigenvalue weighted by atomic mass is 35.5. The van der Waals surface area contributed by atoms with Crippen molar-refractivity contribution < 1.29 is 9.84 Å². The third kappa shape index (κ3) is 4.19. The average molecular weight is 397 g/mol. The molecule has 0 aliphatic rings. The van der Waals surface area contributed by atoms with Crippen molar-refractivity contribution >= 4 is 11.6 Å². The van der Waals surface area contributed by atoms with E-state index in [0.717, 1.165) is 0 Å². The number of hydrogen-bond donors (Lipinski definition) is 2. The van der Waals surface area contributed by atoms with Crippen molar-refractivity contribution in [3.05, 3.63) is 79.9 Å². The van der Waals surface area contributed by atoms with Gasteiger partial charge in [0.2, 0.25) is 5.88 Å². The molecule has 3 aromatic rings. The second-order valence-corrected chi connectivity index (χ2v) is 6.69. The molecule has 1 unspecified atom stereocenters. The molecule has 0 bridgehead atoms. The highest BCUT2D eigenvalue weighted by Crippen LogP contribution is 2.33. The predicted octanol–water partition coefficient (Wildman–Crippen LogP) is 3.22. The van der Waals surface area contributed by atoms with Gasteiger partial charge in [0.25, 0.3) is 5.56 Å². The minimum atomic E-state index is -0.477. The van der Waals surface area contributed by atoms with Crippen molar-refractivity contribution in [3.63, 3.8) is 0 Å². The standard InChI is InChI=1S/C20H17ClN4O3/c1-11-5-17(24-25-20(11)27)15(10-26)14-3-4-16(21)18(8-14)28-19-7-13(9-22)6-12(2)23-19/h3-8,15,26H,10H2,1-2H3,(H,25,27). The Kier molecular flexibility index (Phi) is 5.73. The summed E-state index contributed by atoms with van der Waals surface area (Å²) in [5, 5.41) is 25.8. The molecule has 0 saturated carbocycles. The van der Waals surface area contributed by atoms with E-state index in [0.29, 0.717) is 38.9 Å². The Morgan fingerprint density at radius 1 is 1.29 bits per heavy atom. The first kappa shape index (κ1) is 19.5. The van der Waals surface area contributed by atoms with Gasteiger partial charge >= 0.3 is 0 Å². The van der Waals surface area contributed by atoms with E-state index in [1.54, 1.807) is 44.2 Å². The fourth-order valence-electron chi connectivity index (χ4n) is 2.75. The first-order valence-electron chi connectivity index (χ1n) is 8.44. The minimum Gasteiger partial charge on any atom is -0.437 e. The van der Waals surface area contributed by atoms with E-state index in [-0.39, 0.29) is 18.0 Å². The number of aromatic amines is 1. The summed E-state index contributed by atoms with van der Waals surface area (Å²) in [5.41, 5.74) is 2.52. The van der Waals surface area contributed by atoms with E-state index in [1.165, 1.54) is 6.07 Å². The first-order chi connectivity index (χ1) is 13.4. The van der Waals surface area contributed by atoms with Gasteiger partial charge in [-0.05, 0) is 43.7 Å². The van der Waals surface area contributed by atoms with E-state index < -0.39 is 5.92 Å². The molecule has 0 amide bonds. The van der Waals surface area contributed by atoms with Crippen LogP contribution in [0.1, 0.15) is 34.0 Å². The van der Waals surface area contributed by atoms with Crippen molar-refractivity contribution in [2.75, 3.05) is 6.61 Å². The Morgan fingerprint density at radius 2 is 2.07 bits per heavy atom. The zero-order valence-electron chi connectivity index (χ0n) is 15.2. The van der Waals surface area contributed by atoms with Gasteiger partial charge in [0.15, 0.2) is 0 Å². The van der Waals surface area contributed by atoms with Crippen LogP contribution in [0.4, 0.5) is 0 Å². The summed E-state index contributed by atoms with van der Waals surface area (Å²) in [6.45, 7) is 3.21. The van der Waals surface area contributed by atoms with Crippen LogP contribution in [-0.2, 0) is 0 Å². The third-order valence-corrected chi connectivity index (χ3v) is 4.49. The number of nitriles is 1. The zero-order chi connectivity index (χ0) is 20.3. The van der Waals surface area contributed by atoms with E-state index in [4.69, 9.17) is 21.6 Å². The molecule has 0 saturated heterocycles. The van der Waals surface area contributed by atoms with E-state index in [9.17, 15) is 9.90 Å². The Bertz CT molecular complexity index is 1120. The van der Waals surface area contributed by atoms with Crippen LogP contribution in [0.3, 0.4) is 0 Å². The van der Waals surface area contributed by atoms with Crippen LogP contribution in [0.5, 0.6) is 11.6 Å². The van der Waals surface area contributed by atoms with Crippen molar-refractivity contribution in [2.45, 2.75) is 19.8 Å². The SMILES string of the molecule is Cc1cc(C#N)cc(Oc2cc(C(CO)c3cc(C)c(=O)[nH]n3)ccc2Cl)n1. The molecule has 1 atom stereocenters. The molecule has 142 valence electrons. The molecular formula is C20H17ClN4O3. The Hall–Kier alpha value is -3.21. The number of benzene rings is 1. The molecule has 8 heteroatoms. The number of aromatic nitrogens is 3. The van der Waals surface area contributed by atoms with Gasteiger partial charge in [0, 0.05) is 17.3 Å². The number of ether oxygens (including phenoxy) is 1. The van der Waals surface area contributed by atoms with Crippen molar-refractivity contribution in [3.8, 4) is 17.7 Å². The second-order valence-electron chi connectivity index (χ2n) is 6.28. The molecule has 3 rings (SSSR count). The lowest BCUT2D eigenvalue weighted by atomic mass is 9.95. The number of aliphatic hydroxyl groups is 1. The van der Waals surface area contributed by atoms with Crippen LogP contribution in [0.2, 0.25) is 5.02 Å². The predicted molar refractivity (Wildman–Crippen MR) is 104 cm³/mol. The molecule has 0 aliphatic carbocycles. The summed E-state index contributed by atoms with van der Waals surface area (Å²) in [6, 6.07) is 11.9. The summed E-state index contributed by atoms with van der Waals surface area (Å²) in [7, 11) is 0. The molecule has 0 aliphatic heterocycles. The van der Waals surface area contributed by atoms with E-state index in [1.807, 2.05) is 0 Å². The highest BCUT2D eigenvalue weighted by Gasteiger charge is 2.18. The van der Waals surface area contributed by atoms with Crippen molar-refractivity contribution in [1.82, 2.24) is 15.2 Å². The van der Waals surface area contributed by atoms with Gasteiger partial charge in [-0.1, -0.05) is 17.7 Å². The highest BCUT2D eigenvalue weighted by molar-refractivity contribution is 6.32. The molecule has 2 heterocycles. The number of hydrogen-bond acceptors (Lipinski definition) is 6. The molecule has 1 aromatic carbocycles. The van der Waals surface area contributed by atoms with Gasteiger partial charge in [-0.25, -0.2) is 10.1 Å². The quantitative estimate of drug-likeness (QED) is 0.684. The zero-order valence-corrected chi connectivity index (χ0v) is 16.0. The summed E-state index contributed by atoms with van der Waals surface area (Å²) in [5.74, 6) is 0.102. The van der Waals surface area contributed by atoms with Crippen LogP contribution in [-0.4, -0.2) is 26.9 Å². The first-order valence-corrected chi connectivity index (χ1v) is 8.82. The molecule has 28 heavy (non-hydrogen) atoms. The number of nitrogens with zero attached hydrogens (tertiary/aromatic N) is 3. The maximum Gasteiger partial charge on any atom is 0.267 e. The van der Waals surface area contributed by atoms with Crippen molar-refractivity contribution in [2.24, 2.45) is 0 Å². The molecule has 2 aromatic heterocycles. The second kappa shape index (κ2) is 8.21. The Balaban J connectivity index is 1.98. The smallest absolute Gasteiger partial charge is 0.267 e. The minimum absolute atomic E-state index is 0.221. The van der Waals surface area contributed by atoms with Crippen LogP contribution < -0.4 is 10.3 Å². The summed E-state index contributed by atoms with van der Waals surface area (Å²) in [4.78, 5) is 15.8. The average Bonchev–Trinajstić information content (AvgIpc) is 2.67. The van der Waals surface area contributed by atoms with Crippen molar-refractivity contribution in [1.29, 1.82) is 5.26 Å². The van der Waals surface area contributed by atoms with Gasteiger partial charge in [-0.2, -0.15) is 10.4 Å². The number of nitrogens with one attached hydrogen (secondary N) is 1. The number of rotatable bonds is 5. The molecule has 7 nitrogen and oxygen atoms in total. The Morgan fingerprint density at radius 3 is 2.75 bits per heavy atom.